The Hall–Kier alpha value is 0.0700. The van der Waals surface area contributed by atoms with Crippen LogP contribution < -0.4 is 0 Å². The standard InChI is InChI=1S/C9H17NO2S.ClH/c1-2-12-9(11)8-13-10-6-4-3-5-7-10;/h2-8H2,1H3;1H. The quantitative estimate of drug-likeness (QED) is 0.555. The van der Waals surface area contributed by atoms with Crippen LogP contribution in [-0.2, 0) is 9.53 Å². The largest absolute Gasteiger partial charge is 0.465 e. The Morgan fingerprint density at radius 1 is 1.36 bits per heavy atom. The van der Waals surface area contributed by atoms with E-state index in [0.717, 1.165) is 13.1 Å². The van der Waals surface area contributed by atoms with Crippen LogP contribution in [0.1, 0.15) is 26.2 Å². The van der Waals surface area contributed by atoms with Crippen molar-refractivity contribution in [2.45, 2.75) is 26.2 Å². The van der Waals surface area contributed by atoms with Gasteiger partial charge in [0.1, 0.15) is 5.75 Å². The maximum atomic E-state index is 11.0. The van der Waals surface area contributed by atoms with Gasteiger partial charge in [-0.05, 0) is 19.8 Å². The maximum Gasteiger partial charge on any atom is 0.317 e. The van der Waals surface area contributed by atoms with Crippen LogP contribution in [0, 0.1) is 0 Å². The molecule has 1 fully saturated rings. The normalized spacial score (nSPS) is 17.2. The molecule has 84 valence electrons. The van der Waals surface area contributed by atoms with Crippen LogP contribution in [0.5, 0.6) is 0 Å². The highest BCUT2D eigenvalue weighted by molar-refractivity contribution is 7.97. The molecule has 14 heavy (non-hydrogen) atoms. The van der Waals surface area contributed by atoms with Crippen molar-refractivity contribution in [2.24, 2.45) is 0 Å². The van der Waals surface area contributed by atoms with Gasteiger partial charge in [-0.1, -0.05) is 18.4 Å². The van der Waals surface area contributed by atoms with E-state index < -0.39 is 0 Å². The smallest absolute Gasteiger partial charge is 0.317 e. The number of piperidine rings is 1. The summed E-state index contributed by atoms with van der Waals surface area (Å²) in [5, 5.41) is 0. The van der Waals surface area contributed by atoms with E-state index in [0.29, 0.717) is 12.4 Å². The molecule has 0 bridgehead atoms. The van der Waals surface area contributed by atoms with E-state index >= 15 is 0 Å². The lowest BCUT2D eigenvalue weighted by atomic mass is 10.2. The van der Waals surface area contributed by atoms with E-state index in [1.165, 1.54) is 19.3 Å². The van der Waals surface area contributed by atoms with Gasteiger partial charge in [0.2, 0.25) is 0 Å². The summed E-state index contributed by atoms with van der Waals surface area (Å²) < 4.78 is 7.11. The molecule has 0 spiro atoms. The number of rotatable bonds is 4. The van der Waals surface area contributed by atoms with Crippen molar-refractivity contribution >= 4 is 30.3 Å². The number of halogens is 1. The molecule has 0 N–H and O–H groups in total. The first kappa shape index (κ1) is 14.1. The van der Waals surface area contributed by atoms with Crippen LogP contribution in [0.3, 0.4) is 0 Å². The molecule has 0 aromatic heterocycles. The molecule has 1 aliphatic heterocycles. The zero-order valence-corrected chi connectivity index (χ0v) is 10.2. The summed E-state index contributed by atoms with van der Waals surface area (Å²) in [5.41, 5.74) is 0. The lowest BCUT2D eigenvalue weighted by molar-refractivity contribution is -0.139. The second-order valence-electron chi connectivity index (χ2n) is 3.07. The minimum Gasteiger partial charge on any atom is -0.465 e. The molecule has 0 radical (unpaired) electrons. The number of hydrogen-bond donors (Lipinski definition) is 0. The Kier molecular flexibility index (Phi) is 8.43. The predicted octanol–water partition coefficient (Wildman–Crippen LogP) is 2.11. The number of carbonyl (C=O) groups excluding carboxylic acids is 1. The lowest BCUT2D eigenvalue weighted by Crippen LogP contribution is -2.25. The number of ether oxygens (including phenoxy) is 1. The number of hydrogen-bond acceptors (Lipinski definition) is 4. The Bertz CT molecular complexity index is 163. The van der Waals surface area contributed by atoms with Crippen molar-refractivity contribution in [1.82, 2.24) is 4.31 Å². The van der Waals surface area contributed by atoms with Crippen molar-refractivity contribution < 1.29 is 9.53 Å². The molecule has 1 aliphatic rings. The summed E-state index contributed by atoms with van der Waals surface area (Å²) in [5.74, 6) is 0.367. The first-order valence-corrected chi connectivity index (χ1v) is 5.80. The number of esters is 1. The van der Waals surface area contributed by atoms with Crippen molar-refractivity contribution in [2.75, 3.05) is 25.4 Å². The summed E-state index contributed by atoms with van der Waals surface area (Å²) in [6.45, 7) is 4.55. The topological polar surface area (TPSA) is 29.5 Å². The maximum absolute atomic E-state index is 11.0. The third kappa shape index (κ3) is 5.73. The molecule has 0 aromatic rings. The van der Waals surface area contributed by atoms with Gasteiger partial charge < -0.3 is 4.74 Å². The first-order chi connectivity index (χ1) is 6.33. The Balaban J connectivity index is 0.00000169. The molecule has 0 atom stereocenters. The molecule has 0 unspecified atom stereocenters. The third-order valence-electron chi connectivity index (χ3n) is 1.99. The van der Waals surface area contributed by atoms with Gasteiger partial charge in [0.25, 0.3) is 0 Å². The van der Waals surface area contributed by atoms with E-state index in [1.54, 1.807) is 11.9 Å². The van der Waals surface area contributed by atoms with Gasteiger partial charge in [-0.3, -0.25) is 9.10 Å². The minimum atomic E-state index is -0.0990. The van der Waals surface area contributed by atoms with E-state index in [-0.39, 0.29) is 18.4 Å². The van der Waals surface area contributed by atoms with Crippen LogP contribution in [0.15, 0.2) is 0 Å². The highest BCUT2D eigenvalue weighted by Gasteiger charge is 2.12. The number of nitrogens with zero attached hydrogens (tertiary/aromatic N) is 1. The van der Waals surface area contributed by atoms with Crippen molar-refractivity contribution in [3.8, 4) is 0 Å². The summed E-state index contributed by atoms with van der Waals surface area (Å²) >= 11 is 1.60. The molecular formula is C9H18ClNO2S. The van der Waals surface area contributed by atoms with Gasteiger partial charge in [-0.25, -0.2) is 0 Å². The van der Waals surface area contributed by atoms with Crippen molar-refractivity contribution in [3.05, 3.63) is 0 Å². The summed E-state index contributed by atoms with van der Waals surface area (Å²) in [7, 11) is 0. The van der Waals surface area contributed by atoms with Crippen LogP contribution in [-0.4, -0.2) is 35.7 Å². The summed E-state index contributed by atoms with van der Waals surface area (Å²) in [4.78, 5) is 11.0. The van der Waals surface area contributed by atoms with E-state index in [1.807, 2.05) is 6.92 Å². The summed E-state index contributed by atoms with van der Waals surface area (Å²) in [6, 6.07) is 0. The van der Waals surface area contributed by atoms with Crippen molar-refractivity contribution in [1.29, 1.82) is 0 Å². The monoisotopic (exact) mass is 239 g/mol. The SMILES string of the molecule is CCOC(=O)CSN1CCCCC1.Cl. The summed E-state index contributed by atoms with van der Waals surface area (Å²) in [6.07, 6.45) is 3.85. The van der Waals surface area contributed by atoms with Crippen LogP contribution in [0.4, 0.5) is 0 Å². The molecule has 0 aromatic carbocycles. The van der Waals surface area contributed by atoms with Gasteiger partial charge in [0, 0.05) is 13.1 Å². The van der Waals surface area contributed by atoms with E-state index in [2.05, 4.69) is 4.31 Å². The molecule has 5 heteroatoms. The average molecular weight is 240 g/mol. The van der Waals surface area contributed by atoms with Gasteiger partial charge in [0.05, 0.1) is 6.61 Å². The molecule has 3 nitrogen and oxygen atoms in total. The molecule has 1 saturated heterocycles. The van der Waals surface area contributed by atoms with Crippen molar-refractivity contribution in [3.63, 3.8) is 0 Å². The number of carbonyl (C=O) groups is 1. The van der Waals surface area contributed by atoms with Crippen LogP contribution >= 0.6 is 24.4 Å². The zero-order chi connectivity index (χ0) is 9.52. The van der Waals surface area contributed by atoms with Gasteiger partial charge in [-0.2, -0.15) is 0 Å². The Labute approximate surface area is 96.1 Å². The van der Waals surface area contributed by atoms with Gasteiger partial charge in [-0.15, -0.1) is 12.4 Å². The molecule has 0 saturated carbocycles. The molecular weight excluding hydrogens is 222 g/mol. The zero-order valence-electron chi connectivity index (χ0n) is 8.53. The Morgan fingerprint density at radius 3 is 2.57 bits per heavy atom. The van der Waals surface area contributed by atoms with Crippen LogP contribution in [0.25, 0.3) is 0 Å². The van der Waals surface area contributed by atoms with Gasteiger partial charge >= 0.3 is 5.97 Å². The fourth-order valence-corrected chi connectivity index (χ4v) is 2.23. The molecule has 0 aliphatic carbocycles. The van der Waals surface area contributed by atoms with E-state index in [4.69, 9.17) is 4.74 Å². The Morgan fingerprint density at radius 2 is 2.00 bits per heavy atom. The highest BCUT2D eigenvalue weighted by Crippen LogP contribution is 2.17. The van der Waals surface area contributed by atoms with E-state index in [9.17, 15) is 4.79 Å². The van der Waals surface area contributed by atoms with Crippen LogP contribution in [0.2, 0.25) is 0 Å². The fourth-order valence-electron chi connectivity index (χ4n) is 1.34. The highest BCUT2D eigenvalue weighted by atomic mass is 35.5. The lowest BCUT2D eigenvalue weighted by Gasteiger charge is -2.24. The van der Waals surface area contributed by atoms with Gasteiger partial charge in [0.15, 0.2) is 0 Å². The molecule has 0 amide bonds. The third-order valence-corrected chi connectivity index (χ3v) is 3.08. The minimum absolute atomic E-state index is 0. The first-order valence-electron chi connectivity index (χ1n) is 4.86. The average Bonchev–Trinajstić information content (AvgIpc) is 2.17. The fraction of sp³-hybridized carbons (Fsp3) is 0.889. The molecule has 1 heterocycles. The predicted molar refractivity (Wildman–Crippen MR) is 61.8 cm³/mol. The second-order valence-corrected chi connectivity index (χ2v) is 4.13. The second kappa shape index (κ2) is 8.38. The molecule has 1 rings (SSSR count).